The molecule has 0 aromatic carbocycles. The third-order valence-electron chi connectivity index (χ3n) is 8.07. The fraction of sp³-hybridized carbons (Fsp3) is 0.667. The number of hydrogen-bond acceptors (Lipinski definition) is 8. The molecule has 0 aliphatic heterocycles. The first-order valence-electron chi connectivity index (χ1n) is 16.5. The van der Waals surface area contributed by atoms with Gasteiger partial charge in [0.1, 0.15) is 17.9 Å². The van der Waals surface area contributed by atoms with Crippen molar-refractivity contribution in [3.63, 3.8) is 0 Å². The SMILES string of the molecule is CC(=C\C(=O)O)/C=C(\C)C[C@H](C)CCCC[C@H](OC(=O)[C@@H](CO)[C@@H](O)CCCC[C@@H](C)C/C(C)=C/C(C)=C/C(=O)O)[C@H](CO)C(=O)O. The summed E-state index contributed by atoms with van der Waals surface area (Å²) in [5.41, 5.74) is 3.42. The molecule has 0 unspecified atom stereocenters. The van der Waals surface area contributed by atoms with E-state index < -0.39 is 61.1 Å². The van der Waals surface area contributed by atoms with Crippen LogP contribution in [0.5, 0.6) is 0 Å². The maximum absolute atomic E-state index is 13.0. The number of esters is 1. The molecule has 47 heavy (non-hydrogen) atoms. The number of aliphatic carboxylic acids is 3. The summed E-state index contributed by atoms with van der Waals surface area (Å²) in [4.78, 5) is 46.4. The molecular weight excluding hydrogens is 608 g/mol. The minimum absolute atomic E-state index is 0.191. The molecule has 11 heteroatoms. The highest BCUT2D eigenvalue weighted by atomic mass is 16.5. The number of unbranched alkanes of at least 4 members (excludes halogenated alkanes) is 2. The molecule has 0 saturated heterocycles. The molecule has 11 nitrogen and oxygen atoms in total. The fourth-order valence-electron chi connectivity index (χ4n) is 5.84. The van der Waals surface area contributed by atoms with Crippen molar-refractivity contribution < 1.29 is 54.6 Å². The van der Waals surface area contributed by atoms with Gasteiger partial charge in [-0.25, -0.2) is 9.59 Å². The van der Waals surface area contributed by atoms with Crippen molar-refractivity contribution in [1.82, 2.24) is 0 Å². The van der Waals surface area contributed by atoms with Crippen LogP contribution in [-0.4, -0.2) is 79.9 Å². The Labute approximate surface area is 279 Å². The Bertz CT molecular complexity index is 1120. The van der Waals surface area contributed by atoms with Crippen LogP contribution < -0.4 is 0 Å². The summed E-state index contributed by atoms with van der Waals surface area (Å²) in [6.45, 7) is 10.1. The molecule has 6 N–H and O–H groups in total. The van der Waals surface area contributed by atoms with Gasteiger partial charge in [0, 0.05) is 12.2 Å². The number of aliphatic hydroxyl groups is 3. The molecule has 0 aliphatic rings. The van der Waals surface area contributed by atoms with Gasteiger partial charge in [-0.15, -0.1) is 0 Å². The predicted molar refractivity (Wildman–Crippen MR) is 179 cm³/mol. The average Bonchev–Trinajstić information content (AvgIpc) is 2.92. The third kappa shape index (κ3) is 20.5. The van der Waals surface area contributed by atoms with E-state index in [1.54, 1.807) is 13.8 Å². The number of allylic oxidation sites excluding steroid dienone is 6. The summed E-state index contributed by atoms with van der Waals surface area (Å²) < 4.78 is 5.52. The Morgan fingerprint density at radius 3 is 1.40 bits per heavy atom. The monoisotopic (exact) mass is 666 g/mol. The summed E-state index contributed by atoms with van der Waals surface area (Å²) >= 11 is 0. The number of ether oxygens (including phenoxy) is 1. The van der Waals surface area contributed by atoms with Crippen LogP contribution in [0, 0.1) is 23.7 Å². The highest BCUT2D eigenvalue weighted by Crippen LogP contribution is 2.24. The van der Waals surface area contributed by atoms with Gasteiger partial charge in [0.25, 0.3) is 0 Å². The first-order valence-corrected chi connectivity index (χ1v) is 16.5. The first kappa shape index (κ1) is 43.7. The number of carbonyl (C=O) groups excluding carboxylic acids is 1. The lowest BCUT2D eigenvalue weighted by atomic mass is 9.92. The average molecular weight is 667 g/mol. The molecule has 0 radical (unpaired) electrons. The second kappa shape index (κ2) is 23.9. The Balaban J connectivity index is 5.02. The summed E-state index contributed by atoms with van der Waals surface area (Å²) in [6.07, 6.45) is 9.91. The molecule has 0 saturated carbocycles. The Morgan fingerprint density at radius 2 is 1.02 bits per heavy atom. The van der Waals surface area contributed by atoms with E-state index in [9.17, 15) is 39.6 Å². The van der Waals surface area contributed by atoms with Crippen LogP contribution in [0.15, 0.2) is 46.6 Å². The van der Waals surface area contributed by atoms with Crippen LogP contribution in [0.1, 0.15) is 106 Å². The lowest BCUT2D eigenvalue weighted by Gasteiger charge is -2.27. The smallest absolute Gasteiger partial charge is 0.328 e. The van der Waals surface area contributed by atoms with Crippen LogP contribution in [-0.2, 0) is 23.9 Å². The van der Waals surface area contributed by atoms with Crippen LogP contribution in [0.4, 0.5) is 0 Å². The van der Waals surface area contributed by atoms with Gasteiger partial charge in [0.05, 0.1) is 19.3 Å². The summed E-state index contributed by atoms with van der Waals surface area (Å²) in [6, 6.07) is 0. The molecular formula is C36H58O11. The number of carboxylic acids is 3. The molecule has 6 atom stereocenters. The van der Waals surface area contributed by atoms with E-state index in [4.69, 9.17) is 14.9 Å². The lowest BCUT2D eigenvalue weighted by molar-refractivity contribution is -0.169. The van der Waals surface area contributed by atoms with Gasteiger partial charge in [-0.05, 0) is 82.8 Å². The number of aliphatic hydroxyl groups excluding tert-OH is 3. The first-order chi connectivity index (χ1) is 22.0. The Kier molecular flexibility index (Phi) is 22.3. The van der Waals surface area contributed by atoms with E-state index in [0.29, 0.717) is 36.3 Å². The predicted octanol–water partition coefficient (Wildman–Crippen LogP) is 5.69. The van der Waals surface area contributed by atoms with Gasteiger partial charge in [-0.2, -0.15) is 0 Å². The topological polar surface area (TPSA) is 199 Å². The standard InChI is InChI=1S/C36H58O11/c1-23(15-25(3)17-27(5)19-33(40)41)11-7-9-13-31(39)29(21-37)36(46)47-32(30(22-38)35(44)45)14-10-8-12-24(2)16-26(4)18-28(6)20-34(42)43/h17-20,23-24,29-32,37-39H,7-16,21-22H2,1-6H3,(H,40,41)(H,42,43)(H,44,45)/b25-17+,26-18+,27-19+,28-20+/t23-,24-,29+,30+,31+,32+/m1/s1. The van der Waals surface area contributed by atoms with Crippen molar-refractivity contribution in [2.24, 2.45) is 23.7 Å². The van der Waals surface area contributed by atoms with Crippen molar-refractivity contribution in [2.75, 3.05) is 13.2 Å². The maximum atomic E-state index is 13.0. The summed E-state index contributed by atoms with van der Waals surface area (Å²) in [7, 11) is 0. The molecule has 0 heterocycles. The fourth-order valence-corrected chi connectivity index (χ4v) is 5.84. The molecule has 0 fully saturated rings. The van der Waals surface area contributed by atoms with E-state index >= 15 is 0 Å². The van der Waals surface area contributed by atoms with Crippen LogP contribution in [0.2, 0.25) is 0 Å². The zero-order valence-corrected chi connectivity index (χ0v) is 29.0. The lowest BCUT2D eigenvalue weighted by Crippen LogP contribution is -2.40. The van der Waals surface area contributed by atoms with Gasteiger partial charge in [-0.1, -0.05) is 69.2 Å². The van der Waals surface area contributed by atoms with E-state index in [2.05, 4.69) is 13.8 Å². The Morgan fingerprint density at radius 1 is 0.617 bits per heavy atom. The quantitative estimate of drug-likeness (QED) is 0.0303. The van der Waals surface area contributed by atoms with E-state index in [-0.39, 0.29) is 18.8 Å². The van der Waals surface area contributed by atoms with Crippen molar-refractivity contribution in [1.29, 1.82) is 0 Å². The molecule has 268 valence electrons. The minimum atomic E-state index is -1.34. The molecule has 0 aliphatic carbocycles. The van der Waals surface area contributed by atoms with E-state index in [0.717, 1.165) is 55.4 Å². The number of hydrogen-bond donors (Lipinski definition) is 6. The highest BCUT2D eigenvalue weighted by Gasteiger charge is 2.35. The summed E-state index contributed by atoms with van der Waals surface area (Å²) in [5, 5.41) is 57.7. The van der Waals surface area contributed by atoms with Gasteiger partial charge in [0.2, 0.25) is 0 Å². The second-order valence-electron chi connectivity index (χ2n) is 13.1. The van der Waals surface area contributed by atoms with Crippen LogP contribution >= 0.6 is 0 Å². The number of rotatable bonds is 25. The second-order valence-corrected chi connectivity index (χ2v) is 13.1. The van der Waals surface area contributed by atoms with Crippen molar-refractivity contribution in [3.05, 3.63) is 46.6 Å². The molecule has 0 bridgehead atoms. The van der Waals surface area contributed by atoms with Gasteiger partial charge < -0.3 is 35.4 Å². The van der Waals surface area contributed by atoms with E-state index in [1.807, 2.05) is 26.0 Å². The third-order valence-corrected chi connectivity index (χ3v) is 8.07. The zero-order chi connectivity index (χ0) is 36.1. The highest BCUT2D eigenvalue weighted by molar-refractivity contribution is 5.81. The normalized spacial score (nSPS) is 17.0. The maximum Gasteiger partial charge on any atom is 0.328 e. The molecule has 0 aromatic heterocycles. The van der Waals surface area contributed by atoms with E-state index in [1.165, 1.54) is 0 Å². The Hall–Kier alpha value is -3.28. The van der Waals surface area contributed by atoms with Crippen LogP contribution in [0.3, 0.4) is 0 Å². The van der Waals surface area contributed by atoms with Crippen molar-refractivity contribution in [2.45, 2.75) is 118 Å². The summed E-state index contributed by atoms with van der Waals surface area (Å²) in [5.74, 6) is -6.19. The number of carbonyl (C=O) groups is 4. The van der Waals surface area contributed by atoms with Crippen molar-refractivity contribution in [3.8, 4) is 0 Å². The van der Waals surface area contributed by atoms with Gasteiger partial charge in [-0.3, -0.25) is 9.59 Å². The molecule has 0 spiro atoms. The molecule has 0 aromatic rings. The van der Waals surface area contributed by atoms with Crippen molar-refractivity contribution >= 4 is 23.9 Å². The zero-order valence-electron chi connectivity index (χ0n) is 29.0. The number of carboxylic acid groups (broad SMARTS) is 3. The van der Waals surface area contributed by atoms with Crippen LogP contribution in [0.25, 0.3) is 0 Å². The van der Waals surface area contributed by atoms with Gasteiger partial charge in [0.15, 0.2) is 0 Å². The molecule has 0 amide bonds. The minimum Gasteiger partial charge on any atom is -0.481 e. The van der Waals surface area contributed by atoms with Gasteiger partial charge >= 0.3 is 23.9 Å². The largest absolute Gasteiger partial charge is 0.481 e. The molecule has 0 rings (SSSR count).